The monoisotopic (exact) mass is 472 g/mol. The van der Waals surface area contributed by atoms with Crippen LogP contribution in [0.3, 0.4) is 0 Å². The minimum atomic E-state index is 0. The molecule has 6 heteroatoms. The third-order valence-corrected chi connectivity index (χ3v) is 6.93. The standard InChI is InChI=1S/C25H26N2OS2.K/c1-14(2)20-23(29)24(17-11-7-9-13-19(17)26-20)30-25-21(15(3)4)27-18-12-8-6-10-16(18)22(25)28-5;/h6-15,29H,1-5H3;/q;+1/p-1. The molecule has 2 heterocycles. The summed E-state index contributed by atoms with van der Waals surface area (Å²) in [5.74, 6) is 1.36. The Hall–Kier alpha value is -0.734. The molecule has 0 radical (unpaired) electrons. The first-order valence-corrected chi connectivity index (χ1v) is 11.4. The van der Waals surface area contributed by atoms with Gasteiger partial charge in [-0.1, -0.05) is 69.8 Å². The van der Waals surface area contributed by atoms with E-state index in [1.54, 1.807) is 18.9 Å². The first-order chi connectivity index (χ1) is 14.4. The van der Waals surface area contributed by atoms with Gasteiger partial charge in [0.25, 0.3) is 0 Å². The van der Waals surface area contributed by atoms with Gasteiger partial charge >= 0.3 is 51.4 Å². The van der Waals surface area contributed by atoms with Crippen LogP contribution in [0, 0.1) is 0 Å². The first kappa shape index (κ1) is 24.9. The van der Waals surface area contributed by atoms with E-state index in [2.05, 4.69) is 45.9 Å². The van der Waals surface area contributed by atoms with Crippen LogP contribution in [0.1, 0.15) is 50.9 Å². The minimum Gasteiger partial charge on any atom is -0.777 e. The van der Waals surface area contributed by atoms with Crippen molar-refractivity contribution in [1.82, 2.24) is 9.97 Å². The van der Waals surface area contributed by atoms with Gasteiger partial charge in [-0.2, -0.15) is 0 Å². The number of rotatable bonds is 5. The van der Waals surface area contributed by atoms with E-state index >= 15 is 0 Å². The number of para-hydroxylation sites is 2. The number of aromatic nitrogens is 2. The van der Waals surface area contributed by atoms with Gasteiger partial charge in [-0.15, -0.1) is 4.90 Å². The topological polar surface area (TPSA) is 35.0 Å². The first-order valence-electron chi connectivity index (χ1n) is 10.2. The van der Waals surface area contributed by atoms with E-state index in [-0.39, 0.29) is 63.2 Å². The molecule has 0 aliphatic heterocycles. The van der Waals surface area contributed by atoms with E-state index in [0.29, 0.717) is 0 Å². The molecular weight excluding hydrogens is 448 g/mol. The van der Waals surface area contributed by atoms with Gasteiger partial charge < -0.3 is 17.4 Å². The predicted molar refractivity (Wildman–Crippen MR) is 128 cm³/mol. The Morgan fingerprint density at radius 1 is 0.774 bits per heavy atom. The second-order valence-corrected chi connectivity index (χ2v) is 9.39. The molecule has 154 valence electrons. The number of hydrogen-bond acceptors (Lipinski definition) is 5. The van der Waals surface area contributed by atoms with Crippen molar-refractivity contribution < 1.29 is 56.1 Å². The summed E-state index contributed by atoms with van der Waals surface area (Å²) in [6.07, 6.45) is 0. The average molecular weight is 473 g/mol. The van der Waals surface area contributed by atoms with Gasteiger partial charge in [0.15, 0.2) is 0 Å². The van der Waals surface area contributed by atoms with E-state index < -0.39 is 0 Å². The summed E-state index contributed by atoms with van der Waals surface area (Å²) in [7, 11) is 1.73. The molecule has 0 aliphatic carbocycles. The molecule has 0 spiro atoms. The van der Waals surface area contributed by atoms with Crippen molar-refractivity contribution in [3.8, 4) is 5.75 Å². The number of pyridine rings is 2. The number of methoxy groups -OCH3 is 1. The summed E-state index contributed by atoms with van der Waals surface area (Å²) in [6, 6.07) is 16.3. The summed E-state index contributed by atoms with van der Waals surface area (Å²) in [4.78, 5) is 12.8. The van der Waals surface area contributed by atoms with Gasteiger partial charge in [0.1, 0.15) is 5.75 Å². The number of hydrogen-bond donors (Lipinski definition) is 0. The molecule has 0 bridgehead atoms. The zero-order chi connectivity index (χ0) is 21.4. The van der Waals surface area contributed by atoms with Crippen molar-refractivity contribution in [2.24, 2.45) is 0 Å². The third kappa shape index (κ3) is 4.81. The summed E-state index contributed by atoms with van der Waals surface area (Å²) < 4.78 is 5.94. The van der Waals surface area contributed by atoms with Crippen molar-refractivity contribution >= 4 is 46.2 Å². The molecule has 0 saturated heterocycles. The van der Waals surface area contributed by atoms with Gasteiger partial charge in [0.05, 0.1) is 28.7 Å². The molecule has 0 fully saturated rings. The fourth-order valence-electron chi connectivity index (χ4n) is 3.65. The Morgan fingerprint density at radius 3 is 1.87 bits per heavy atom. The number of ether oxygens (including phenoxy) is 1. The number of benzene rings is 2. The molecule has 31 heavy (non-hydrogen) atoms. The van der Waals surface area contributed by atoms with Crippen molar-refractivity contribution in [3.05, 3.63) is 59.9 Å². The van der Waals surface area contributed by atoms with Gasteiger partial charge in [-0.25, -0.2) is 0 Å². The van der Waals surface area contributed by atoms with Gasteiger partial charge in [-0.05, 0) is 30.0 Å². The van der Waals surface area contributed by atoms with Crippen LogP contribution in [0.25, 0.3) is 21.8 Å². The van der Waals surface area contributed by atoms with Crippen LogP contribution in [0.15, 0.2) is 63.2 Å². The van der Waals surface area contributed by atoms with E-state index in [1.807, 2.05) is 30.3 Å². The van der Waals surface area contributed by atoms with E-state index in [0.717, 1.165) is 53.6 Å². The minimum absolute atomic E-state index is 0. The number of fused-ring (bicyclic) bond motifs is 2. The molecule has 0 unspecified atom stereocenters. The van der Waals surface area contributed by atoms with E-state index in [1.165, 1.54) is 0 Å². The van der Waals surface area contributed by atoms with Crippen LogP contribution in [0.5, 0.6) is 5.75 Å². The Balaban J connectivity index is 0.00000272. The summed E-state index contributed by atoms with van der Waals surface area (Å²) in [5, 5.41) is 2.09. The normalized spacial score (nSPS) is 11.3. The molecule has 4 aromatic rings. The Morgan fingerprint density at radius 2 is 1.29 bits per heavy atom. The largest absolute Gasteiger partial charge is 1.00 e. The van der Waals surface area contributed by atoms with E-state index in [4.69, 9.17) is 27.3 Å². The number of nitrogens with zero attached hydrogens (tertiary/aromatic N) is 2. The Kier molecular flexibility index (Phi) is 8.41. The van der Waals surface area contributed by atoms with Crippen LogP contribution >= 0.6 is 11.8 Å². The molecule has 3 nitrogen and oxygen atoms in total. The van der Waals surface area contributed by atoms with Crippen LogP contribution in [-0.4, -0.2) is 17.1 Å². The van der Waals surface area contributed by atoms with Gasteiger partial charge in [-0.3, -0.25) is 9.97 Å². The summed E-state index contributed by atoms with van der Waals surface area (Å²) in [5.41, 5.74) is 3.90. The zero-order valence-electron chi connectivity index (χ0n) is 18.9. The van der Waals surface area contributed by atoms with E-state index in [9.17, 15) is 0 Å². The maximum Gasteiger partial charge on any atom is 1.00 e. The summed E-state index contributed by atoms with van der Waals surface area (Å²) >= 11 is 7.60. The van der Waals surface area contributed by atoms with Crippen molar-refractivity contribution in [2.75, 3.05) is 7.11 Å². The molecule has 0 saturated carbocycles. The fourth-order valence-corrected chi connectivity index (χ4v) is 5.52. The molecule has 4 rings (SSSR count). The molecule has 2 aromatic heterocycles. The molecule has 0 aliphatic rings. The van der Waals surface area contributed by atoms with Crippen molar-refractivity contribution in [1.29, 1.82) is 0 Å². The molecular formula is C25H25KN2OS2. The molecule has 0 N–H and O–H groups in total. The average Bonchev–Trinajstić information content (AvgIpc) is 2.74. The van der Waals surface area contributed by atoms with Crippen molar-refractivity contribution in [3.63, 3.8) is 0 Å². The van der Waals surface area contributed by atoms with Crippen LogP contribution in [-0.2, 0) is 12.6 Å². The summed E-state index contributed by atoms with van der Waals surface area (Å²) in [6.45, 7) is 8.61. The molecule has 0 atom stereocenters. The SMILES string of the molecule is COc1c(Sc2c([S-])c(C(C)C)nc3ccccc23)c(C(C)C)nc2ccccc12.[K+]. The van der Waals surface area contributed by atoms with Crippen molar-refractivity contribution in [2.45, 2.75) is 54.2 Å². The maximum atomic E-state index is 5.94. The Bertz CT molecular complexity index is 1240. The smallest absolute Gasteiger partial charge is 0.777 e. The third-order valence-electron chi connectivity index (χ3n) is 5.16. The second kappa shape index (κ2) is 10.5. The van der Waals surface area contributed by atoms with Crippen LogP contribution in [0.2, 0.25) is 0 Å². The Labute approximate surface area is 236 Å². The maximum absolute atomic E-state index is 5.94. The zero-order valence-corrected chi connectivity index (χ0v) is 23.6. The quantitative estimate of drug-likeness (QED) is 0.323. The fraction of sp³-hybridized carbons (Fsp3) is 0.280. The van der Waals surface area contributed by atoms with Gasteiger partial charge in [0.2, 0.25) is 0 Å². The molecule has 0 amide bonds. The van der Waals surface area contributed by atoms with Gasteiger partial charge in [0, 0.05) is 21.4 Å². The van der Waals surface area contributed by atoms with Crippen LogP contribution in [0.4, 0.5) is 0 Å². The second-order valence-electron chi connectivity index (χ2n) is 7.96. The predicted octanol–water partition coefficient (Wildman–Crippen LogP) is 4.10. The van der Waals surface area contributed by atoms with Crippen LogP contribution < -0.4 is 56.1 Å². The molecule has 2 aromatic carbocycles.